The van der Waals surface area contributed by atoms with E-state index >= 15 is 0 Å². The van der Waals surface area contributed by atoms with Gasteiger partial charge in [0, 0.05) is 45.5 Å². The molecule has 0 saturated carbocycles. The molecule has 0 bridgehead atoms. The first-order valence-corrected chi connectivity index (χ1v) is 7.54. The van der Waals surface area contributed by atoms with Crippen LogP contribution in [0.2, 0.25) is 0 Å². The topological polar surface area (TPSA) is 71.7 Å². The molecule has 1 aromatic heterocycles. The molecular formula is C15H22N4O2. The zero-order valence-electron chi connectivity index (χ0n) is 12.2. The average molecular weight is 290 g/mol. The summed E-state index contributed by atoms with van der Waals surface area (Å²) in [5.74, 6) is 0.977. The van der Waals surface area contributed by atoms with Crippen molar-refractivity contribution in [1.29, 1.82) is 0 Å². The van der Waals surface area contributed by atoms with Gasteiger partial charge in [-0.1, -0.05) is 0 Å². The van der Waals surface area contributed by atoms with Gasteiger partial charge in [-0.2, -0.15) is 0 Å². The summed E-state index contributed by atoms with van der Waals surface area (Å²) in [7, 11) is 0. The third kappa shape index (κ3) is 3.33. The Morgan fingerprint density at radius 3 is 2.86 bits per heavy atom. The molecule has 0 spiro atoms. The van der Waals surface area contributed by atoms with Crippen molar-refractivity contribution in [2.24, 2.45) is 11.7 Å². The van der Waals surface area contributed by atoms with Crippen LogP contribution in [0.3, 0.4) is 0 Å². The van der Waals surface area contributed by atoms with Gasteiger partial charge in [0.15, 0.2) is 0 Å². The average Bonchev–Trinajstić information content (AvgIpc) is 3.01. The van der Waals surface area contributed by atoms with Crippen molar-refractivity contribution in [3.63, 3.8) is 0 Å². The Kier molecular flexibility index (Phi) is 4.36. The van der Waals surface area contributed by atoms with Gasteiger partial charge in [-0.25, -0.2) is 4.98 Å². The van der Waals surface area contributed by atoms with Crippen molar-refractivity contribution in [2.75, 3.05) is 50.8 Å². The second-order valence-electron chi connectivity index (χ2n) is 5.76. The second kappa shape index (κ2) is 6.41. The van der Waals surface area contributed by atoms with Crippen molar-refractivity contribution < 1.29 is 9.53 Å². The normalized spacial score (nSPS) is 23.4. The molecule has 2 fully saturated rings. The molecule has 6 heteroatoms. The third-order valence-corrected chi connectivity index (χ3v) is 4.26. The SMILES string of the molecule is NC(=O)c1cccnc1N1CCN(CC2CCOC2)CC1. The van der Waals surface area contributed by atoms with E-state index in [0.717, 1.165) is 45.9 Å². The molecule has 2 saturated heterocycles. The summed E-state index contributed by atoms with van der Waals surface area (Å²) in [4.78, 5) is 20.5. The van der Waals surface area contributed by atoms with E-state index in [1.807, 2.05) is 0 Å². The van der Waals surface area contributed by atoms with Crippen LogP contribution in [0.25, 0.3) is 0 Å². The molecule has 2 N–H and O–H groups in total. The predicted molar refractivity (Wildman–Crippen MR) is 80.3 cm³/mol. The van der Waals surface area contributed by atoms with Crippen LogP contribution in [-0.4, -0.2) is 61.7 Å². The summed E-state index contributed by atoms with van der Waals surface area (Å²) in [5, 5.41) is 0. The van der Waals surface area contributed by atoms with Gasteiger partial charge < -0.3 is 15.4 Å². The van der Waals surface area contributed by atoms with Gasteiger partial charge in [0.2, 0.25) is 0 Å². The number of ether oxygens (including phenoxy) is 1. The fourth-order valence-electron chi connectivity index (χ4n) is 3.08. The van der Waals surface area contributed by atoms with Crippen LogP contribution < -0.4 is 10.6 Å². The van der Waals surface area contributed by atoms with Gasteiger partial charge in [0.25, 0.3) is 5.91 Å². The lowest BCUT2D eigenvalue weighted by Crippen LogP contribution is -2.48. The summed E-state index contributed by atoms with van der Waals surface area (Å²) >= 11 is 0. The zero-order valence-corrected chi connectivity index (χ0v) is 12.2. The number of pyridine rings is 1. The van der Waals surface area contributed by atoms with Crippen LogP contribution in [0.4, 0.5) is 5.82 Å². The largest absolute Gasteiger partial charge is 0.381 e. The third-order valence-electron chi connectivity index (χ3n) is 4.26. The fourth-order valence-corrected chi connectivity index (χ4v) is 3.08. The first-order valence-electron chi connectivity index (χ1n) is 7.54. The molecule has 114 valence electrons. The van der Waals surface area contributed by atoms with Gasteiger partial charge in [0.1, 0.15) is 5.82 Å². The molecule has 2 aliphatic heterocycles. The fraction of sp³-hybridized carbons (Fsp3) is 0.600. The summed E-state index contributed by atoms with van der Waals surface area (Å²) in [6.07, 6.45) is 2.89. The van der Waals surface area contributed by atoms with Gasteiger partial charge >= 0.3 is 0 Å². The van der Waals surface area contributed by atoms with E-state index in [0.29, 0.717) is 17.3 Å². The lowest BCUT2D eigenvalue weighted by atomic mass is 10.1. The lowest BCUT2D eigenvalue weighted by molar-refractivity contribution is 0.1000. The Morgan fingerprint density at radius 1 is 1.38 bits per heavy atom. The zero-order chi connectivity index (χ0) is 14.7. The predicted octanol–water partition coefficient (Wildman–Crippen LogP) is 0.339. The second-order valence-corrected chi connectivity index (χ2v) is 5.76. The molecule has 3 heterocycles. The van der Waals surface area contributed by atoms with Gasteiger partial charge in [-0.3, -0.25) is 9.69 Å². The number of primary amides is 1. The van der Waals surface area contributed by atoms with Crippen LogP contribution in [0.5, 0.6) is 0 Å². The number of amides is 1. The van der Waals surface area contributed by atoms with E-state index in [1.54, 1.807) is 18.3 Å². The summed E-state index contributed by atoms with van der Waals surface area (Å²) in [6.45, 7) is 6.65. The number of piperazine rings is 1. The molecule has 1 unspecified atom stereocenters. The highest BCUT2D eigenvalue weighted by Crippen LogP contribution is 2.20. The maximum absolute atomic E-state index is 11.5. The van der Waals surface area contributed by atoms with Crippen molar-refractivity contribution >= 4 is 11.7 Å². The van der Waals surface area contributed by atoms with Gasteiger partial charge in [-0.15, -0.1) is 0 Å². The molecule has 3 rings (SSSR count). The highest BCUT2D eigenvalue weighted by molar-refractivity contribution is 5.97. The lowest BCUT2D eigenvalue weighted by Gasteiger charge is -2.36. The Labute approximate surface area is 124 Å². The Balaban J connectivity index is 1.59. The summed E-state index contributed by atoms with van der Waals surface area (Å²) in [5.41, 5.74) is 5.94. The van der Waals surface area contributed by atoms with Crippen molar-refractivity contribution in [1.82, 2.24) is 9.88 Å². The Hall–Kier alpha value is -1.66. The molecular weight excluding hydrogens is 268 g/mol. The maximum Gasteiger partial charge on any atom is 0.252 e. The van der Waals surface area contributed by atoms with Crippen LogP contribution in [-0.2, 0) is 4.74 Å². The molecule has 0 radical (unpaired) electrons. The smallest absolute Gasteiger partial charge is 0.252 e. The minimum Gasteiger partial charge on any atom is -0.381 e. The minimum atomic E-state index is -0.413. The van der Waals surface area contributed by atoms with Crippen LogP contribution in [0.1, 0.15) is 16.8 Å². The number of anilines is 1. The number of hydrogen-bond acceptors (Lipinski definition) is 5. The van der Waals surface area contributed by atoms with Gasteiger partial charge in [0.05, 0.1) is 12.2 Å². The van der Waals surface area contributed by atoms with Crippen LogP contribution >= 0.6 is 0 Å². The van der Waals surface area contributed by atoms with Gasteiger partial charge in [-0.05, 0) is 24.5 Å². The molecule has 1 amide bonds. The Morgan fingerprint density at radius 2 is 2.19 bits per heavy atom. The number of nitrogens with two attached hydrogens (primary N) is 1. The first kappa shape index (κ1) is 14.3. The molecule has 6 nitrogen and oxygen atoms in total. The molecule has 0 aromatic carbocycles. The number of nitrogens with zero attached hydrogens (tertiary/aromatic N) is 3. The number of aromatic nitrogens is 1. The number of hydrogen-bond donors (Lipinski definition) is 1. The maximum atomic E-state index is 11.5. The molecule has 1 aromatic rings. The summed E-state index contributed by atoms with van der Waals surface area (Å²) in [6, 6.07) is 3.49. The highest BCUT2D eigenvalue weighted by atomic mass is 16.5. The minimum absolute atomic E-state index is 0.413. The molecule has 1 atom stereocenters. The highest BCUT2D eigenvalue weighted by Gasteiger charge is 2.24. The van der Waals surface area contributed by atoms with E-state index in [4.69, 9.17) is 10.5 Å². The van der Waals surface area contributed by atoms with E-state index in [2.05, 4.69) is 14.8 Å². The van der Waals surface area contributed by atoms with Crippen molar-refractivity contribution in [3.8, 4) is 0 Å². The van der Waals surface area contributed by atoms with E-state index in [9.17, 15) is 4.79 Å². The number of carbonyl (C=O) groups excluding carboxylic acids is 1. The molecule has 2 aliphatic rings. The van der Waals surface area contributed by atoms with Crippen molar-refractivity contribution in [2.45, 2.75) is 6.42 Å². The monoisotopic (exact) mass is 290 g/mol. The first-order chi connectivity index (χ1) is 10.2. The number of rotatable bonds is 4. The quantitative estimate of drug-likeness (QED) is 0.866. The summed E-state index contributed by atoms with van der Waals surface area (Å²) < 4.78 is 5.43. The van der Waals surface area contributed by atoms with Crippen LogP contribution in [0.15, 0.2) is 18.3 Å². The Bertz CT molecular complexity index is 494. The van der Waals surface area contributed by atoms with E-state index < -0.39 is 5.91 Å². The molecule has 0 aliphatic carbocycles. The van der Waals surface area contributed by atoms with Crippen molar-refractivity contribution in [3.05, 3.63) is 23.9 Å². The van der Waals surface area contributed by atoms with Crippen LogP contribution in [0, 0.1) is 5.92 Å². The molecule has 21 heavy (non-hydrogen) atoms. The standard InChI is InChI=1S/C15H22N4O2/c16-14(20)13-2-1-4-17-15(13)19-7-5-18(6-8-19)10-12-3-9-21-11-12/h1-2,4,12H,3,5-11H2,(H2,16,20). The van der Waals surface area contributed by atoms with E-state index in [-0.39, 0.29) is 0 Å². The van der Waals surface area contributed by atoms with E-state index in [1.165, 1.54) is 6.42 Å². The number of carbonyl (C=O) groups is 1.